The molecule has 5 heteroatoms. The summed E-state index contributed by atoms with van der Waals surface area (Å²) >= 11 is 0. The van der Waals surface area contributed by atoms with E-state index in [0.29, 0.717) is 5.54 Å². The first-order valence-electron chi connectivity index (χ1n) is 8.20. The van der Waals surface area contributed by atoms with E-state index >= 15 is 0 Å². The van der Waals surface area contributed by atoms with Crippen molar-refractivity contribution in [2.24, 2.45) is 10.9 Å². The summed E-state index contributed by atoms with van der Waals surface area (Å²) in [5.74, 6) is 1.93. The van der Waals surface area contributed by atoms with Gasteiger partial charge in [-0.1, -0.05) is 19.8 Å². The Hall–Kier alpha value is -0.0400. The fourth-order valence-corrected chi connectivity index (χ4v) is 3.86. The molecule has 0 aromatic heterocycles. The van der Waals surface area contributed by atoms with E-state index in [1.54, 1.807) is 0 Å². The highest BCUT2D eigenvalue weighted by atomic mass is 127. The van der Waals surface area contributed by atoms with Crippen molar-refractivity contribution in [2.45, 2.75) is 51.0 Å². The van der Waals surface area contributed by atoms with Crippen LogP contribution in [-0.2, 0) is 0 Å². The molecule has 0 bridgehead atoms. The van der Waals surface area contributed by atoms with Gasteiger partial charge in [-0.3, -0.25) is 4.99 Å². The summed E-state index contributed by atoms with van der Waals surface area (Å²) in [6.07, 6.45) is 7.94. The van der Waals surface area contributed by atoms with Crippen molar-refractivity contribution in [3.63, 3.8) is 0 Å². The maximum absolute atomic E-state index is 4.48. The number of nitrogens with one attached hydrogen (secondary N) is 1. The second-order valence-electron chi connectivity index (χ2n) is 6.92. The highest BCUT2D eigenvalue weighted by Crippen LogP contribution is 2.35. The molecule has 2 aliphatic rings. The first-order chi connectivity index (χ1) is 9.57. The minimum absolute atomic E-state index is 0. The number of aliphatic imine (C=N–C) groups is 1. The number of hydrogen-bond acceptors (Lipinski definition) is 2. The summed E-state index contributed by atoms with van der Waals surface area (Å²) in [6.45, 7) is 5.73. The average Bonchev–Trinajstić information content (AvgIpc) is 2.93. The minimum Gasteiger partial charge on any atom is -0.354 e. The standard InChI is InChI=1S/C16H32N4.HI/c1-14-8-7-9-16(12-14,19(3)4)13-18-15(17-2)20-10-5-6-11-20;/h14H,5-13H2,1-4H3,(H,17,18);1H. The van der Waals surface area contributed by atoms with Gasteiger partial charge in [-0.05, 0) is 45.7 Å². The maximum atomic E-state index is 4.48. The van der Waals surface area contributed by atoms with Crippen LogP contribution in [0.15, 0.2) is 4.99 Å². The lowest BCUT2D eigenvalue weighted by Gasteiger charge is -2.45. The molecular weight excluding hydrogens is 375 g/mol. The summed E-state index contributed by atoms with van der Waals surface area (Å²) in [4.78, 5) is 9.31. The number of hydrogen-bond donors (Lipinski definition) is 1. The normalized spacial score (nSPS) is 30.4. The average molecular weight is 408 g/mol. The van der Waals surface area contributed by atoms with E-state index in [2.05, 4.69) is 41.1 Å². The Morgan fingerprint density at radius 2 is 1.95 bits per heavy atom. The predicted molar refractivity (Wildman–Crippen MR) is 102 cm³/mol. The van der Waals surface area contributed by atoms with Crippen molar-refractivity contribution in [1.82, 2.24) is 15.1 Å². The Labute approximate surface area is 147 Å². The van der Waals surface area contributed by atoms with Crippen molar-refractivity contribution in [3.05, 3.63) is 0 Å². The van der Waals surface area contributed by atoms with E-state index in [1.165, 1.54) is 38.5 Å². The number of likely N-dealkylation sites (N-methyl/N-ethyl adjacent to an activating group) is 1. The van der Waals surface area contributed by atoms with Gasteiger partial charge in [0, 0.05) is 32.2 Å². The molecule has 2 fully saturated rings. The molecule has 2 rings (SSSR count). The molecule has 2 unspecified atom stereocenters. The zero-order valence-electron chi connectivity index (χ0n) is 14.2. The second-order valence-corrected chi connectivity index (χ2v) is 6.92. The van der Waals surface area contributed by atoms with Crippen molar-refractivity contribution >= 4 is 29.9 Å². The zero-order valence-corrected chi connectivity index (χ0v) is 16.5. The van der Waals surface area contributed by atoms with Crippen molar-refractivity contribution in [2.75, 3.05) is 40.8 Å². The lowest BCUT2D eigenvalue weighted by atomic mass is 9.75. The van der Waals surface area contributed by atoms with E-state index in [0.717, 1.165) is 31.5 Å². The Morgan fingerprint density at radius 1 is 1.29 bits per heavy atom. The van der Waals surface area contributed by atoms with Gasteiger partial charge in [0.1, 0.15) is 0 Å². The molecule has 2 atom stereocenters. The van der Waals surface area contributed by atoms with Crippen LogP contribution in [-0.4, -0.2) is 62.1 Å². The Bertz CT molecular complexity index is 339. The molecular formula is C16H33IN4. The molecule has 1 aliphatic heterocycles. The highest BCUT2D eigenvalue weighted by Gasteiger charge is 2.37. The smallest absolute Gasteiger partial charge is 0.193 e. The predicted octanol–water partition coefficient (Wildman–Crippen LogP) is 2.79. The third kappa shape index (κ3) is 4.71. The van der Waals surface area contributed by atoms with Gasteiger partial charge in [-0.15, -0.1) is 24.0 Å². The van der Waals surface area contributed by atoms with E-state index in [-0.39, 0.29) is 24.0 Å². The summed E-state index contributed by atoms with van der Waals surface area (Å²) in [5, 5.41) is 3.66. The second kappa shape index (κ2) is 8.56. The lowest BCUT2D eigenvalue weighted by molar-refractivity contribution is 0.0790. The molecule has 0 aromatic rings. The van der Waals surface area contributed by atoms with Crippen LogP contribution in [0.2, 0.25) is 0 Å². The Balaban J connectivity index is 0.00000220. The van der Waals surface area contributed by atoms with E-state index in [9.17, 15) is 0 Å². The van der Waals surface area contributed by atoms with Gasteiger partial charge in [0.15, 0.2) is 5.96 Å². The number of likely N-dealkylation sites (tertiary alicyclic amines) is 1. The molecule has 1 N–H and O–H groups in total. The Kier molecular flexibility index (Phi) is 7.74. The zero-order chi connectivity index (χ0) is 14.6. The number of halogens is 1. The van der Waals surface area contributed by atoms with Gasteiger partial charge in [0.2, 0.25) is 0 Å². The third-order valence-electron chi connectivity index (χ3n) is 5.21. The summed E-state index contributed by atoms with van der Waals surface area (Å²) in [7, 11) is 6.38. The molecule has 21 heavy (non-hydrogen) atoms. The maximum Gasteiger partial charge on any atom is 0.193 e. The fourth-order valence-electron chi connectivity index (χ4n) is 3.86. The van der Waals surface area contributed by atoms with Crippen LogP contribution < -0.4 is 5.32 Å². The summed E-state index contributed by atoms with van der Waals surface area (Å²) in [6, 6.07) is 0. The molecule has 0 spiro atoms. The number of nitrogens with zero attached hydrogens (tertiary/aromatic N) is 3. The topological polar surface area (TPSA) is 30.9 Å². The van der Waals surface area contributed by atoms with Gasteiger partial charge in [-0.25, -0.2) is 0 Å². The van der Waals surface area contributed by atoms with Crippen LogP contribution in [0.3, 0.4) is 0 Å². The van der Waals surface area contributed by atoms with Crippen molar-refractivity contribution in [1.29, 1.82) is 0 Å². The van der Waals surface area contributed by atoms with Gasteiger partial charge in [0.05, 0.1) is 0 Å². The first kappa shape index (κ1) is 19.0. The molecule has 0 aromatic carbocycles. The van der Waals surface area contributed by atoms with Crippen LogP contribution in [0, 0.1) is 5.92 Å². The van der Waals surface area contributed by atoms with E-state index in [4.69, 9.17) is 0 Å². The lowest BCUT2D eigenvalue weighted by Crippen LogP contribution is -2.56. The van der Waals surface area contributed by atoms with Crippen LogP contribution in [0.1, 0.15) is 45.4 Å². The van der Waals surface area contributed by atoms with Gasteiger partial charge in [-0.2, -0.15) is 0 Å². The molecule has 1 saturated heterocycles. The third-order valence-corrected chi connectivity index (χ3v) is 5.21. The molecule has 1 aliphatic carbocycles. The van der Waals surface area contributed by atoms with Crippen LogP contribution in [0.5, 0.6) is 0 Å². The molecule has 4 nitrogen and oxygen atoms in total. The van der Waals surface area contributed by atoms with Crippen LogP contribution in [0.25, 0.3) is 0 Å². The molecule has 1 saturated carbocycles. The quantitative estimate of drug-likeness (QED) is 0.443. The van der Waals surface area contributed by atoms with Crippen LogP contribution in [0.4, 0.5) is 0 Å². The van der Waals surface area contributed by atoms with Gasteiger partial charge in [0.25, 0.3) is 0 Å². The van der Waals surface area contributed by atoms with Crippen molar-refractivity contribution in [3.8, 4) is 0 Å². The molecule has 0 amide bonds. The Morgan fingerprint density at radius 3 is 2.48 bits per heavy atom. The van der Waals surface area contributed by atoms with E-state index < -0.39 is 0 Å². The van der Waals surface area contributed by atoms with Gasteiger partial charge >= 0.3 is 0 Å². The highest BCUT2D eigenvalue weighted by molar-refractivity contribution is 14.0. The van der Waals surface area contributed by atoms with Crippen LogP contribution >= 0.6 is 24.0 Å². The molecule has 0 radical (unpaired) electrons. The molecule has 124 valence electrons. The number of rotatable bonds is 3. The van der Waals surface area contributed by atoms with E-state index in [1.807, 2.05) is 7.05 Å². The summed E-state index contributed by atoms with van der Waals surface area (Å²) < 4.78 is 0. The number of guanidine groups is 1. The first-order valence-corrected chi connectivity index (χ1v) is 8.20. The largest absolute Gasteiger partial charge is 0.354 e. The van der Waals surface area contributed by atoms with Crippen molar-refractivity contribution < 1.29 is 0 Å². The minimum atomic E-state index is 0. The monoisotopic (exact) mass is 408 g/mol. The SMILES string of the molecule is CN=C(NCC1(N(C)C)CCCC(C)C1)N1CCCC1.I. The van der Waals surface area contributed by atoms with Gasteiger partial charge < -0.3 is 15.1 Å². The fraction of sp³-hybridized carbons (Fsp3) is 0.938. The molecule has 1 heterocycles. The summed E-state index contributed by atoms with van der Waals surface area (Å²) in [5.41, 5.74) is 0.299.